The van der Waals surface area contributed by atoms with Crippen LogP contribution in [0.25, 0.3) is 21.5 Å². The first-order valence-corrected chi connectivity index (χ1v) is 17.3. The highest BCUT2D eigenvalue weighted by Gasteiger charge is 2.62. The molecule has 0 radical (unpaired) electrons. The third-order valence-corrected chi connectivity index (χ3v) is 11.2. The summed E-state index contributed by atoms with van der Waals surface area (Å²) >= 11 is 5.09. The van der Waals surface area contributed by atoms with Gasteiger partial charge in [0.05, 0.1) is 45.4 Å². The average molecular weight is 664 g/mol. The second-order valence-electron chi connectivity index (χ2n) is 10.6. The molecule has 2 aliphatic heterocycles. The number of H-pyrrole nitrogens is 2. The van der Waals surface area contributed by atoms with E-state index in [9.17, 15) is 0 Å². The molecular weight excluding hydrogens is 639 g/mol. The van der Waals surface area contributed by atoms with Crippen LogP contribution in [0.15, 0.2) is 102 Å². The molecule has 46 heavy (non-hydrogen) atoms. The molecule has 2 aliphatic rings. The van der Waals surface area contributed by atoms with E-state index in [-0.39, 0.29) is 11.4 Å². The zero-order chi connectivity index (χ0) is 30.5. The van der Waals surface area contributed by atoms with Gasteiger partial charge in [-0.15, -0.1) is 34.4 Å². The highest BCUT2D eigenvalue weighted by Crippen LogP contribution is 2.56. The van der Waals surface area contributed by atoms with E-state index < -0.39 is 5.66 Å². The number of thioether (sulfide) groups is 1. The number of hydrogen-bond donors (Lipinski definition) is 3. The number of thiazole rings is 2. The zero-order valence-electron chi connectivity index (χ0n) is 24.0. The van der Waals surface area contributed by atoms with Crippen molar-refractivity contribution in [3.05, 3.63) is 119 Å². The number of fused-ring (bicyclic) bond motifs is 1. The van der Waals surface area contributed by atoms with E-state index in [2.05, 4.69) is 42.4 Å². The maximum atomic E-state index is 6.28. The number of para-hydroxylation sites is 1. The van der Waals surface area contributed by atoms with Gasteiger partial charge in [0.1, 0.15) is 22.1 Å². The molecule has 6 aromatic heterocycles. The minimum Gasteiger partial charge on any atom is -0.432 e. The van der Waals surface area contributed by atoms with Gasteiger partial charge in [-0.2, -0.15) is 5.10 Å². The van der Waals surface area contributed by atoms with Crippen LogP contribution in [-0.4, -0.2) is 63.8 Å². The number of benzene rings is 1. The fraction of sp³-hybridized carbons (Fsp3) is 0.161. The summed E-state index contributed by atoms with van der Waals surface area (Å²) in [6, 6.07) is 16.1. The fourth-order valence-corrected chi connectivity index (χ4v) is 9.32. The van der Waals surface area contributed by atoms with Gasteiger partial charge in [-0.3, -0.25) is 19.9 Å². The lowest BCUT2D eigenvalue weighted by atomic mass is 9.87. The maximum absolute atomic E-state index is 6.28. The van der Waals surface area contributed by atoms with Crippen LogP contribution in [0, 0.1) is 0 Å². The number of rotatable bonds is 7. The first-order chi connectivity index (χ1) is 22.8. The van der Waals surface area contributed by atoms with Crippen LogP contribution >= 0.6 is 34.4 Å². The number of hydrogen-bond acceptors (Lipinski definition) is 13. The largest absolute Gasteiger partial charge is 0.432 e. The van der Waals surface area contributed by atoms with Crippen LogP contribution in [0.3, 0.4) is 0 Å². The Kier molecular flexibility index (Phi) is 6.69. The number of imidazole rings is 1. The summed E-state index contributed by atoms with van der Waals surface area (Å²) in [4.78, 5) is 32.9. The molecule has 8 heterocycles. The number of oxazole rings is 1. The molecule has 0 spiro atoms. The van der Waals surface area contributed by atoms with Gasteiger partial charge in [0.15, 0.2) is 5.82 Å². The Labute approximate surface area is 274 Å². The lowest BCUT2D eigenvalue weighted by Crippen LogP contribution is -2.69. The Morgan fingerprint density at radius 2 is 1.87 bits per heavy atom. The molecule has 1 aromatic carbocycles. The number of nitrogens with one attached hydrogen (secondary N) is 3. The second-order valence-corrected chi connectivity index (χ2v) is 13.7. The number of nitrogens with zero attached hydrogens (tertiary/aromatic N) is 8. The molecular formula is C31H25N11OS3. The first-order valence-electron chi connectivity index (χ1n) is 14.6. The molecule has 3 atom stereocenters. The number of pyridine rings is 1. The first kappa shape index (κ1) is 27.5. The van der Waals surface area contributed by atoms with Crippen molar-refractivity contribution in [1.82, 2.24) is 45.4 Å². The van der Waals surface area contributed by atoms with E-state index >= 15 is 0 Å². The van der Waals surface area contributed by atoms with Crippen molar-refractivity contribution >= 4 is 67.8 Å². The van der Waals surface area contributed by atoms with Gasteiger partial charge in [0, 0.05) is 54.1 Å². The quantitative estimate of drug-likeness (QED) is 0.202. The van der Waals surface area contributed by atoms with E-state index in [1.54, 1.807) is 53.7 Å². The molecule has 12 nitrogen and oxygen atoms in total. The van der Waals surface area contributed by atoms with E-state index in [0.29, 0.717) is 23.4 Å². The summed E-state index contributed by atoms with van der Waals surface area (Å²) in [6.07, 6.45) is 12.2. The van der Waals surface area contributed by atoms with Gasteiger partial charge in [-0.05, 0) is 24.3 Å². The lowest BCUT2D eigenvalue weighted by molar-refractivity contribution is 0.363. The summed E-state index contributed by atoms with van der Waals surface area (Å²) in [5, 5.41) is 15.1. The van der Waals surface area contributed by atoms with Crippen molar-refractivity contribution in [3.8, 4) is 0 Å². The highest BCUT2D eigenvalue weighted by molar-refractivity contribution is 8.00. The average Bonchev–Trinajstić information content (AvgIpc) is 3.95. The smallest absolute Gasteiger partial charge is 0.300 e. The Hall–Kier alpha value is -4.83. The predicted molar refractivity (Wildman–Crippen MR) is 180 cm³/mol. The number of aromatic amines is 2. The van der Waals surface area contributed by atoms with E-state index in [4.69, 9.17) is 29.3 Å². The summed E-state index contributed by atoms with van der Waals surface area (Å²) < 4.78 is 7.37. The Balaban J connectivity index is 1.50. The molecule has 1 saturated heterocycles. The van der Waals surface area contributed by atoms with Crippen LogP contribution in [-0.2, 0) is 5.66 Å². The third kappa shape index (κ3) is 4.16. The molecule has 15 heteroatoms. The van der Waals surface area contributed by atoms with Crippen molar-refractivity contribution in [2.45, 2.75) is 17.1 Å². The van der Waals surface area contributed by atoms with Crippen molar-refractivity contribution in [1.29, 1.82) is 0 Å². The summed E-state index contributed by atoms with van der Waals surface area (Å²) in [7, 11) is 0. The summed E-state index contributed by atoms with van der Waals surface area (Å²) in [5.41, 5.74) is 2.21. The molecule has 0 bridgehead atoms. The number of aromatic nitrogens is 8. The lowest BCUT2D eigenvalue weighted by Gasteiger charge is -2.56. The maximum Gasteiger partial charge on any atom is 0.300 e. The monoisotopic (exact) mass is 663 g/mol. The Bertz CT molecular complexity index is 2060. The molecule has 0 aliphatic carbocycles. The van der Waals surface area contributed by atoms with Crippen molar-refractivity contribution in [2.75, 3.05) is 22.1 Å². The second kappa shape index (κ2) is 11.2. The molecule has 0 amide bonds. The molecule has 3 unspecified atom stereocenters. The molecule has 1 fully saturated rings. The third-order valence-electron chi connectivity index (χ3n) is 8.12. The molecule has 0 saturated carbocycles. The van der Waals surface area contributed by atoms with Crippen LogP contribution in [0.5, 0.6) is 0 Å². The summed E-state index contributed by atoms with van der Waals surface area (Å²) in [5.74, 6) is 2.26. The van der Waals surface area contributed by atoms with Gasteiger partial charge in [-0.25, -0.2) is 19.9 Å². The topological polar surface area (TPSA) is 141 Å². The predicted octanol–water partition coefficient (Wildman–Crippen LogP) is 5.41. The van der Waals surface area contributed by atoms with Crippen molar-refractivity contribution < 1.29 is 4.42 Å². The molecule has 9 rings (SSSR count). The van der Waals surface area contributed by atoms with Crippen LogP contribution in [0.1, 0.15) is 21.5 Å². The number of anilines is 2. The van der Waals surface area contributed by atoms with Crippen molar-refractivity contribution in [2.24, 2.45) is 0 Å². The molecule has 3 N–H and O–H groups in total. The van der Waals surface area contributed by atoms with Crippen molar-refractivity contribution in [3.63, 3.8) is 0 Å². The van der Waals surface area contributed by atoms with E-state index in [1.165, 1.54) is 0 Å². The van der Waals surface area contributed by atoms with Crippen LogP contribution < -0.4 is 15.1 Å². The minimum absolute atomic E-state index is 0.0779. The Morgan fingerprint density at radius 3 is 2.59 bits per heavy atom. The molecule has 7 aromatic rings. The van der Waals surface area contributed by atoms with Gasteiger partial charge >= 0.3 is 0 Å². The van der Waals surface area contributed by atoms with Gasteiger partial charge in [0.25, 0.3) is 6.01 Å². The SMILES string of the molecule is c1ccc(C2(c3ncc[nH]3)N(c3ccn[nH]3)C(c3nccs3)=C(c3nc4ccccc4s3)C(C3NCCS3)N2c2ncco2)nc1. The Morgan fingerprint density at radius 1 is 0.913 bits per heavy atom. The van der Waals surface area contributed by atoms with E-state index in [0.717, 1.165) is 43.8 Å². The summed E-state index contributed by atoms with van der Waals surface area (Å²) in [6.45, 7) is 0.854. The zero-order valence-corrected chi connectivity index (χ0v) is 26.5. The van der Waals surface area contributed by atoms with E-state index in [1.807, 2.05) is 65.9 Å². The normalized spacial score (nSPS) is 21.9. The minimum atomic E-state index is -1.27. The van der Waals surface area contributed by atoms with Gasteiger partial charge < -0.3 is 14.7 Å². The van der Waals surface area contributed by atoms with Crippen LogP contribution in [0.2, 0.25) is 0 Å². The van der Waals surface area contributed by atoms with Gasteiger partial charge in [0.2, 0.25) is 5.66 Å². The van der Waals surface area contributed by atoms with Gasteiger partial charge in [-0.1, -0.05) is 18.2 Å². The fourth-order valence-electron chi connectivity index (χ4n) is 6.43. The highest BCUT2D eigenvalue weighted by atomic mass is 32.2. The standard InChI is InChI=1S/C31H25N11OS3/c1-2-6-20-19(5-1)39-26(46-20)23-24(27-33-14-17-44-27)41(22-8-10-38-40-22)31(29-35-11-12-36-29,21-7-3-4-9-32-21)42(30-37-13-16-43-30)25(23)28-34-15-18-45-28/h1-14,16-17,25,28,34H,15,18H2,(H,35,36)(H,38,40). The van der Waals surface area contributed by atoms with Crippen LogP contribution in [0.4, 0.5) is 11.8 Å². The molecule has 228 valence electrons.